The highest BCUT2D eigenvalue weighted by Gasteiger charge is 2.25. The van der Waals surface area contributed by atoms with Gasteiger partial charge in [-0.2, -0.15) is 0 Å². The van der Waals surface area contributed by atoms with E-state index in [0.717, 1.165) is 18.5 Å². The molecule has 116 valence electrons. The summed E-state index contributed by atoms with van der Waals surface area (Å²) in [6, 6.07) is 8.12. The van der Waals surface area contributed by atoms with Crippen molar-refractivity contribution in [2.75, 3.05) is 7.11 Å². The summed E-state index contributed by atoms with van der Waals surface area (Å²) in [6.45, 7) is 0.149. The van der Waals surface area contributed by atoms with Crippen LogP contribution < -0.4 is 9.46 Å². The zero-order valence-corrected chi connectivity index (χ0v) is 13.0. The summed E-state index contributed by atoms with van der Waals surface area (Å²) in [5.74, 6) is 1.13. The minimum Gasteiger partial charge on any atom is -0.497 e. The van der Waals surface area contributed by atoms with Crippen molar-refractivity contribution >= 4 is 10.0 Å². The van der Waals surface area contributed by atoms with E-state index in [1.807, 2.05) is 6.07 Å². The number of methoxy groups -OCH3 is 1. The summed E-state index contributed by atoms with van der Waals surface area (Å²) in [6.07, 6.45) is 3.78. The van der Waals surface area contributed by atoms with E-state index < -0.39 is 10.0 Å². The second kappa shape index (κ2) is 6.02. The molecule has 6 nitrogen and oxygen atoms in total. The van der Waals surface area contributed by atoms with Crippen molar-refractivity contribution in [2.45, 2.75) is 30.2 Å². The summed E-state index contributed by atoms with van der Waals surface area (Å²) < 4.78 is 32.1. The van der Waals surface area contributed by atoms with Gasteiger partial charge >= 0.3 is 0 Å². The molecule has 1 aromatic carbocycles. The Labute approximate surface area is 129 Å². The highest BCUT2D eigenvalue weighted by molar-refractivity contribution is 7.89. The van der Waals surface area contributed by atoms with Crippen molar-refractivity contribution in [1.82, 2.24) is 14.7 Å². The Morgan fingerprint density at radius 1 is 1.23 bits per heavy atom. The predicted octanol–water partition coefficient (Wildman–Crippen LogP) is 1.84. The first-order valence-electron chi connectivity index (χ1n) is 7.03. The number of sulfonamides is 1. The molecule has 0 atom stereocenters. The average Bonchev–Trinajstić information content (AvgIpc) is 3.38. The van der Waals surface area contributed by atoms with Crippen molar-refractivity contribution in [3.63, 3.8) is 0 Å². The second-order valence-electron chi connectivity index (χ2n) is 5.21. The van der Waals surface area contributed by atoms with Crippen molar-refractivity contribution in [2.24, 2.45) is 0 Å². The maximum absolute atomic E-state index is 12.2. The largest absolute Gasteiger partial charge is 0.497 e. The van der Waals surface area contributed by atoms with Gasteiger partial charge in [0.1, 0.15) is 12.1 Å². The standard InChI is InChI=1S/C15H17N3O3S/c1-21-13-4-6-14(7-5-13)22(19,20)18-9-12-8-15(11-2-3-11)17-10-16-12/h4-8,10-11,18H,2-3,9H2,1H3. The molecule has 7 heteroatoms. The molecule has 1 aliphatic rings. The van der Waals surface area contributed by atoms with Crippen LogP contribution in [0.4, 0.5) is 0 Å². The van der Waals surface area contributed by atoms with Crippen LogP contribution in [0, 0.1) is 0 Å². The summed E-state index contributed by atoms with van der Waals surface area (Å²) in [7, 11) is -2.03. The smallest absolute Gasteiger partial charge is 0.240 e. The lowest BCUT2D eigenvalue weighted by Crippen LogP contribution is -2.23. The number of ether oxygens (including phenoxy) is 1. The first kappa shape index (κ1) is 14.9. The van der Waals surface area contributed by atoms with Gasteiger partial charge in [-0.1, -0.05) is 0 Å². The van der Waals surface area contributed by atoms with Gasteiger partial charge in [0.15, 0.2) is 0 Å². The van der Waals surface area contributed by atoms with E-state index in [1.165, 1.54) is 25.6 Å². The zero-order chi connectivity index (χ0) is 15.6. The SMILES string of the molecule is COc1ccc(S(=O)(=O)NCc2cc(C3CC3)ncn2)cc1. The van der Waals surface area contributed by atoms with E-state index in [1.54, 1.807) is 12.1 Å². The fourth-order valence-electron chi connectivity index (χ4n) is 2.12. The highest BCUT2D eigenvalue weighted by Crippen LogP contribution is 2.38. The minimum absolute atomic E-state index is 0.149. The van der Waals surface area contributed by atoms with Gasteiger partial charge in [-0.25, -0.2) is 23.1 Å². The van der Waals surface area contributed by atoms with Crippen LogP contribution >= 0.6 is 0 Å². The maximum Gasteiger partial charge on any atom is 0.240 e. The van der Waals surface area contributed by atoms with E-state index in [9.17, 15) is 8.42 Å². The molecule has 1 aliphatic carbocycles. The first-order valence-corrected chi connectivity index (χ1v) is 8.51. The molecule has 22 heavy (non-hydrogen) atoms. The third-order valence-electron chi connectivity index (χ3n) is 3.55. The van der Waals surface area contributed by atoms with Gasteiger partial charge in [0.25, 0.3) is 0 Å². The lowest BCUT2D eigenvalue weighted by atomic mass is 10.2. The number of hydrogen-bond donors (Lipinski definition) is 1. The van der Waals surface area contributed by atoms with Gasteiger partial charge in [-0.15, -0.1) is 0 Å². The predicted molar refractivity (Wildman–Crippen MR) is 81.0 cm³/mol. The van der Waals surface area contributed by atoms with Gasteiger partial charge in [0, 0.05) is 11.6 Å². The molecule has 0 spiro atoms. The summed E-state index contributed by atoms with van der Waals surface area (Å²) in [4.78, 5) is 8.54. The van der Waals surface area contributed by atoms with E-state index in [4.69, 9.17) is 4.74 Å². The quantitative estimate of drug-likeness (QED) is 0.878. The van der Waals surface area contributed by atoms with Crippen LogP contribution in [0.2, 0.25) is 0 Å². The van der Waals surface area contributed by atoms with Gasteiger partial charge in [-0.05, 0) is 43.2 Å². The van der Waals surface area contributed by atoms with E-state index in [2.05, 4.69) is 14.7 Å². The number of rotatable bonds is 6. The number of aromatic nitrogens is 2. The van der Waals surface area contributed by atoms with Crippen molar-refractivity contribution in [3.8, 4) is 5.75 Å². The van der Waals surface area contributed by atoms with E-state index in [0.29, 0.717) is 17.4 Å². The molecule has 1 saturated carbocycles. The third-order valence-corrected chi connectivity index (χ3v) is 4.97. The molecule has 3 rings (SSSR count). The van der Waals surface area contributed by atoms with Crippen molar-refractivity contribution in [3.05, 3.63) is 48.0 Å². The molecule has 0 unspecified atom stereocenters. The van der Waals surface area contributed by atoms with Crippen molar-refractivity contribution < 1.29 is 13.2 Å². The van der Waals surface area contributed by atoms with Crippen LogP contribution in [-0.4, -0.2) is 25.5 Å². The highest BCUT2D eigenvalue weighted by atomic mass is 32.2. The summed E-state index contributed by atoms with van der Waals surface area (Å²) in [5.41, 5.74) is 1.67. The summed E-state index contributed by atoms with van der Waals surface area (Å²) in [5, 5.41) is 0. The molecule has 2 aromatic rings. The second-order valence-corrected chi connectivity index (χ2v) is 6.98. The molecule has 0 aliphatic heterocycles. The molecular weight excluding hydrogens is 302 g/mol. The van der Waals surface area contributed by atoms with Crippen LogP contribution in [0.3, 0.4) is 0 Å². The van der Waals surface area contributed by atoms with E-state index >= 15 is 0 Å². The van der Waals surface area contributed by atoms with Crippen LogP contribution in [-0.2, 0) is 16.6 Å². The molecular formula is C15H17N3O3S. The van der Waals surface area contributed by atoms with Crippen LogP contribution in [0.1, 0.15) is 30.1 Å². The van der Waals surface area contributed by atoms with Crippen LogP contribution in [0.25, 0.3) is 0 Å². The fraction of sp³-hybridized carbons (Fsp3) is 0.333. The van der Waals surface area contributed by atoms with E-state index in [-0.39, 0.29) is 11.4 Å². The Bertz CT molecular complexity index is 756. The Morgan fingerprint density at radius 3 is 2.59 bits per heavy atom. The number of nitrogens with zero attached hydrogens (tertiary/aromatic N) is 2. The maximum atomic E-state index is 12.2. The zero-order valence-electron chi connectivity index (χ0n) is 12.2. The number of benzene rings is 1. The molecule has 1 N–H and O–H groups in total. The molecule has 0 bridgehead atoms. The van der Waals surface area contributed by atoms with Gasteiger partial charge in [0.2, 0.25) is 10.0 Å². The third kappa shape index (κ3) is 3.42. The molecule has 1 heterocycles. The lowest BCUT2D eigenvalue weighted by molar-refractivity contribution is 0.414. The van der Waals surface area contributed by atoms with Crippen LogP contribution in [0.5, 0.6) is 5.75 Å². The van der Waals surface area contributed by atoms with Crippen LogP contribution in [0.15, 0.2) is 41.6 Å². The Kier molecular flexibility index (Phi) is 4.08. The molecule has 1 fully saturated rings. The minimum atomic E-state index is -3.57. The Balaban J connectivity index is 1.69. The number of hydrogen-bond acceptors (Lipinski definition) is 5. The summed E-state index contributed by atoms with van der Waals surface area (Å²) >= 11 is 0. The van der Waals surface area contributed by atoms with Gasteiger partial charge in [0.05, 0.1) is 24.2 Å². The normalized spacial score (nSPS) is 14.8. The molecule has 0 amide bonds. The Morgan fingerprint density at radius 2 is 1.95 bits per heavy atom. The van der Waals surface area contributed by atoms with Gasteiger partial charge < -0.3 is 4.74 Å². The lowest BCUT2D eigenvalue weighted by Gasteiger charge is -2.08. The molecule has 0 radical (unpaired) electrons. The molecule has 0 saturated heterocycles. The van der Waals surface area contributed by atoms with Crippen molar-refractivity contribution in [1.29, 1.82) is 0 Å². The molecule has 1 aromatic heterocycles. The Hall–Kier alpha value is -1.99. The van der Waals surface area contributed by atoms with Gasteiger partial charge in [-0.3, -0.25) is 0 Å². The topological polar surface area (TPSA) is 81.2 Å². The average molecular weight is 319 g/mol. The number of nitrogens with one attached hydrogen (secondary N) is 1. The first-order chi connectivity index (χ1) is 10.6. The fourth-order valence-corrected chi connectivity index (χ4v) is 3.12. The monoisotopic (exact) mass is 319 g/mol.